The summed E-state index contributed by atoms with van der Waals surface area (Å²) in [6.45, 7) is 0.0580. The molecule has 1 aromatic heterocycles. The van der Waals surface area contributed by atoms with Gasteiger partial charge in [-0.3, -0.25) is 9.59 Å². The molecule has 0 bridgehead atoms. The first-order chi connectivity index (χ1) is 13.1. The first-order valence-electron chi connectivity index (χ1n) is 8.68. The van der Waals surface area contributed by atoms with Crippen molar-refractivity contribution in [3.8, 4) is 11.1 Å². The molecule has 0 saturated heterocycles. The largest absolute Gasteiger partial charge is 0.467 e. The van der Waals surface area contributed by atoms with E-state index in [1.165, 1.54) is 4.90 Å². The van der Waals surface area contributed by atoms with Crippen LogP contribution in [0.5, 0.6) is 0 Å². The highest BCUT2D eigenvalue weighted by Crippen LogP contribution is 2.19. The van der Waals surface area contributed by atoms with E-state index in [1.54, 1.807) is 25.4 Å². The van der Waals surface area contributed by atoms with Crippen LogP contribution in [0.15, 0.2) is 77.4 Å². The predicted octanol–water partition coefficient (Wildman–Crippen LogP) is 3.69. The lowest BCUT2D eigenvalue weighted by atomic mass is 10.0. The molecule has 1 heterocycles. The van der Waals surface area contributed by atoms with Crippen molar-refractivity contribution in [3.63, 3.8) is 0 Å². The van der Waals surface area contributed by atoms with Crippen molar-refractivity contribution >= 4 is 11.9 Å². The van der Waals surface area contributed by atoms with E-state index in [1.807, 2.05) is 54.6 Å². The number of furan rings is 1. The fraction of sp³-hybridized carbons (Fsp3) is 0.182. The van der Waals surface area contributed by atoms with E-state index >= 15 is 0 Å². The third-order valence-corrected chi connectivity index (χ3v) is 4.17. The van der Waals surface area contributed by atoms with Crippen molar-refractivity contribution in [2.45, 2.75) is 13.0 Å². The van der Waals surface area contributed by atoms with Crippen LogP contribution in [0, 0.1) is 0 Å². The van der Waals surface area contributed by atoms with Crippen LogP contribution in [0.1, 0.15) is 11.3 Å². The van der Waals surface area contributed by atoms with Gasteiger partial charge in [-0.05, 0) is 28.8 Å². The molecule has 0 spiro atoms. The van der Waals surface area contributed by atoms with Gasteiger partial charge < -0.3 is 14.1 Å². The molecule has 3 rings (SSSR count). The Balaban J connectivity index is 1.47. The van der Waals surface area contributed by atoms with E-state index in [0.717, 1.165) is 16.7 Å². The maximum atomic E-state index is 12.0. The Morgan fingerprint density at radius 2 is 1.63 bits per heavy atom. The van der Waals surface area contributed by atoms with Gasteiger partial charge in [-0.25, -0.2) is 0 Å². The number of esters is 1. The zero-order chi connectivity index (χ0) is 19.1. The molecule has 0 radical (unpaired) electrons. The van der Waals surface area contributed by atoms with Gasteiger partial charge in [0.1, 0.15) is 5.76 Å². The van der Waals surface area contributed by atoms with Crippen LogP contribution in [0.3, 0.4) is 0 Å². The predicted molar refractivity (Wildman–Crippen MR) is 102 cm³/mol. The number of hydrogen-bond donors (Lipinski definition) is 0. The standard InChI is InChI=1S/C22H21NO4/c1-23(15-20-8-5-13-26-20)21(24)16-27-22(25)14-17-9-11-19(12-10-17)18-6-3-2-4-7-18/h2-13H,14-16H2,1H3. The molecular formula is C22H21NO4. The topological polar surface area (TPSA) is 59.8 Å². The summed E-state index contributed by atoms with van der Waals surface area (Å²) in [5, 5.41) is 0. The first kappa shape index (κ1) is 18.5. The molecule has 0 aliphatic rings. The lowest BCUT2D eigenvalue weighted by Gasteiger charge is -2.15. The highest BCUT2D eigenvalue weighted by atomic mass is 16.5. The Labute approximate surface area is 158 Å². The van der Waals surface area contributed by atoms with Crippen molar-refractivity contribution in [3.05, 3.63) is 84.3 Å². The molecule has 0 aliphatic carbocycles. The number of nitrogens with zero attached hydrogens (tertiary/aromatic N) is 1. The average Bonchev–Trinajstić information content (AvgIpc) is 3.20. The number of amides is 1. The Kier molecular flexibility index (Phi) is 6.05. The number of likely N-dealkylation sites (N-methyl/N-ethyl adjacent to an activating group) is 1. The fourth-order valence-electron chi connectivity index (χ4n) is 2.64. The van der Waals surface area contributed by atoms with Crippen molar-refractivity contribution in [1.29, 1.82) is 0 Å². The molecule has 2 aromatic carbocycles. The highest BCUT2D eigenvalue weighted by Gasteiger charge is 2.14. The molecule has 3 aromatic rings. The average molecular weight is 363 g/mol. The van der Waals surface area contributed by atoms with Crippen molar-refractivity contribution in [1.82, 2.24) is 4.90 Å². The number of carbonyl (C=O) groups is 2. The van der Waals surface area contributed by atoms with E-state index in [0.29, 0.717) is 12.3 Å². The van der Waals surface area contributed by atoms with Crippen molar-refractivity contribution < 1.29 is 18.7 Å². The van der Waals surface area contributed by atoms with Crippen LogP contribution in [0.4, 0.5) is 0 Å². The van der Waals surface area contributed by atoms with Gasteiger partial charge in [0.05, 0.1) is 19.2 Å². The van der Waals surface area contributed by atoms with E-state index < -0.39 is 5.97 Å². The zero-order valence-electron chi connectivity index (χ0n) is 15.1. The van der Waals surface area contributed by atoms with Crippen LogP contribution in [-0.2, 0) is 27.3 Å². The zero-order valence-corrected chi connectivity index (χ0v) is 15.1. The molecule has 0 saturated carbocycles. The molecule has 5 heteroatoms. The van der Waals surface area contributed by atoms with Gasteiger partial charge in [0, 0.05) is 7.05 Å². The summed E-state index contributed by atoms with van der Waals surface area (Å²) in [6.07, 6.45) is 1.68. The summed E-state index contributed by atoms with van der Waals surface area (Å²) < 4.78 is 10.3. The Morgan fingerprint density at radius 1 is 0.926 bits per heavy atom. The quantitative estimate of drug-likeness (QED) is 0.601. The summed E-state index contributed by atoms with van der Waals surface area (Å²) >= 11 is 0. The van der Waals surface area contributed by atoms with Gasteiger partial charge >= 0.3 is 5.97 Å². The fourth-order valence-corrected chi connectivity index (χ4v) is 2.64. The maximum Gasteiger partial charge on any atom is 0.310 e. The summed E-state index contributed by atoms with van der Waals surface area (Å²) in [5.74, 6) is -0.0305. The Hall–Kier alpha value is -3.34. The molecular weight excluding hydrogens is 342 g/mol. The molecule has 1 amide bonds. The molecule has 0 N–H and O–H groups in total. The third kappa shape index (κ3) is 5.31. The number of benzene rings is 2. The van der Waals surface area contributed by atoms with Gasteiger partial charge in [0.25, 0.3) is 5.91 Å². The minimum atomic E-state index is -0.429. The number of carbonyl (C=O) groups excluding carboxylic acids is 2. The molecule has 27 heavy (non-hydrogen) atoms. The summed E-state index contributed by atoms with van der Waals surface area (Å²) in [6, 6.07) is 21.3. The highest BCUT2D eigenvalue weighted by molar-refractivity contribution is 5.81. The number of rotatable bonds is 7. The minimum Gasteiger partial charge on any atom is -0.467 e. The smallest absolute Gasteiger partial charge is 0.310 e. The molecule has 138 valence electrons. The van der Waals surface area contributed by atoms with Crippen LogP contribution in [0.25, 0.3) is 11.1 Å². The lowest BCUT2D eigenvalue weighted by molar-refractivity contribution is -0.151. The van der Waals surface area contributed by atoms with Gasteiger partial charge in [0.15, 0.2) is 6.61 Å². The molecule has 0 fully saturated rings. The van der Waals surface area contributed by atoms with Crippen LogP contribution in [0.2, 0.25) is 0 Å². The Bertz CT molecular complexity index is 870. The summed E-state index contributed by atoms with van der Waals surface area (Å²) in [7, 11) is 1.64. The van der Waals surface area contributed by atoms with E-state index in [4.69, 9.17) is 9.15 Å². The first-order valence-corrected chi connectivity index (χ1v) is 8.68. The van der Waals surface area contributed by atoms with E-state index in [2.05, 4.69) is 0 Å². The van der Waals surface area contributed by atoms with Crippen molar-refractivity contribution in [2.24, 2.45) is 0 Å². The van der Waals surface area contributed by atoms with Gasteiger partial charge in [-0.15, -0.1) is 0 Å². The molecule has 5 nitrogen and oxygen atoms in total. The second-order valence-electron chi connectivity index (χ2n) is 6.23. The Morgan fingerprint density at radius 3 is 2.30 bits per heavy atom. The van der Waals surface area contributed by atoms with E-state index in [-0.39, 0.29) is 18.9 Å². The second kappa shape index (κ2) is 8.85. The summed E-state index contributed by atoms with van der Waals surface area (Å²) in [4.78, 5) is 25.5. The van der Waals surface area contributed by atoms with Crippen LogP contribution in [-0.4, -0.2) is 30.4 Å². The molecule has 0 atom stereocenters. The molecule has 0 unspecified atom stereocenters. The van der Waals surface area contributed by atoms with Gasteiger partial charge in [-0.2, -0.15) is 0 Å². The van der Waals surface area contributed by atoms with E-state index in [9.17, 15) is 9.59 Å². The van der Waals surface area contributed by atoms with Gasteiger partial charge in [0.2, 0.25) is 0 Å². The lowest BCUT2D eigenvalue weighted by Crippen LogP contribution is -2.30. The summed E-state index contributed by atoms with van der Waals surface area (Å²) in [5.41, 5.74) is 3.05. The third-order valence-electron chi connectivity index (χ3n) is 4.17. The minimum absolute atomic E-state index is 0.129. The second-order valence-corrected chi connectivity index (χ2v) is 6.23. The van der Waals surface area contributed by atoms with Crippen molar-refractivity contribution in [2.75, 3.05) is 13.7 Å². The van der Waals surface area contributed by atoms with Gasteiger partial charge in [-0.1, -0.05) is 54.6 Å². The van der Waals surface area contributed by atoms with Crippen LogP contribution < -0.4 is 0 Å². The molecule has 0 aliphatic heterocycles. The van der Waals surface area contributed by atoms with Crippen LogP contribution >= 0.6 is 0 Å². The number of hydrogen-bond acceptors (Lipinski definition) is 4. The monoisotopic (exact) mass is 363 g/mol. The normalized spacial score (nSPS) is 10.4. The SMILES string of the molecule is CN(Cc1ccco1)C(=O)COC(=O)Cc1ccc(-c2ccccc2)cc1. The number of ether oxygens (including phenoxy) is 1. The maximum absolute atomic E-state index is 12.0.